The highest BCUT2D eigenvalue weighted by atomic mass is 16.2. The molecule has 2 saturated carbocycles. The molecular formula is C56H66N6O4. The molecule has 6 N–H and O–H groups in total. The summed E-state index contributed by atoms with van der Waals surface area (Å²) in [5.74, 6) is 2.10. The first kappa shape index (κ1) is 47.5. The van der Waals surface area contributed by atoms with E-state index in [-0.39, 0.29) is 35.2 Å². The molecule has 6 atom stereocenters. The number of benzene rings is 4. The fraction of sp³-hybridized carbons (Fsp3) is 0.393. The highest BCUT2D eigenvalue weighted by Crippen LogP contribution is 2.35. The van der Waals surface area contributed by atoms with Gasteiger partial charge in [-0.15, -0.1) is 0 Å². The normalized spacial score (nSPS) is 18.8. The number of nitrogens with zero attached hydrogens (tertiary/aromatic N) is 2. The van der Waals surface area contributed by atoms with Crippen LogP contribution in [0.15, 0.2) is 109 Å². The van der Waals surface area contributed by atoms with Crippen molar-refractivity contribution in [2.24, 2.45) is 23.7 Å². The Labute approximate surface area is 389 Å². The van der Waals surface area contributed by atoms with Crippen molar-refractivity contribution in [2.75, 3.05) is 11.5 Å². The number of aryl methyl sites for hydroxylation is 4. The number of nitrogens with two attached hydrogens (primary N) is 2. The van der Waals surface area contributed by atoms with E-state index in [4.69, 9.17) is 11.5 Å². The molecule has 2 heterocycles. The van der Waals surface area contributed by atoms with Gasteiger partial charge in [-0.25, -0.2) is 9.97 Å². The number of Topliss-reactive ketones (excluding diaryl/α,β-unsaturated/α-hetero) is 2. The van der Waals surface area contributed by atoms with Gasteiger partial charge in [0.2, 0.25) is 11.8 Å². The van der Waals surface area contributed by atoms with Crippen LogP contribution in [0.2, 0.25) is 0 Å². The molecule has 2 aliphatic rings. The molecule has 4 aromatic carbocycles. The van der Waals surface area contributed by atoms with Crippen molar-refractivity contribution in [3.8, 4) is 0 Å². The lowest BCUT2D eigenvalue weighted by Crippen LogP contribution is -2.41. The number of carbonyl (C=O) groups is 4. The molecule has 2 fully saturated rings. The number of nitrogen functional groups attached to an aromatic ring is 2. The van der Waals surface area contributed by atoms with Gasteiger partial charge in [-0.2, -0.15) is 0 Å². The van der Waals surface area contributed by atoms with Crippen LogP contribution in [0.3, 0.4) is 0 Å². The van der Waals surface area contributed by atoms with Gasteiger partial charge in [0.25, 0.3) is 0 Å². The average Bonchev–Trinajstić information content (AvgIpc) is 3.98. The first-order chi connectivity index (χ1) is 31.8. The number of hydrogen-bond donors (Lipinski definition) is 4. The van der Waals surface area contributed by atoms with Crippen molar-refractivity contribution >= 4 is 56.6 Å². The smallest absolute Gasteiger partial charge is 0.223 e. The molecule has 0 aliphatic heterocycles. The van der Waals surface area contributed by atoms with E-state index in [1.165, 1.54) is 32.7 Å². The highest BCUT2D eigenvalue weighted by molar-refractivity contribution is 5.90. The fourth-order valence-electron chi connectivity index (χ4n) is 9.91. The van der Waals surface area contributed by atoms with Gasteiger partial charge in [-0.1, -0.05) is 97.1 Å². The predicted molar refractivity (Wildman–Crippen MR) is 266 cm³/mol. The van der Waals surface area contributed by atoms with Crippen molar-refractivity contribution in [2.45, 2.75) is 117 Å². The summed E-state index contributed by atoms with van der Waals surface area (Å²) in [5, 5.41) is 11.0. The second kappa shape index (κ2) is 22.2. The van der Waals surface area contributed by atoms with Gasteiger partial charge in [0.15, 0.2) is 11.6 Å². The molecule has 0 bridgehead atoms. The molecule has 66 heavy (non-hydrogen) atoms. The minimum absolute atomic E-state index is 0.00532. The molecule has 0 radical (unpaired) electrons. The maximum absolute atomic E-state index is 12.8. The number of nitrogens with one attached hydrogen (secondary N) is 2. The average molecular weight is 887 g/mol. The van der Waals surface area contributed by atoms with Gasteiger partial charge in [0.1, 0.15) is 11.6 Å². The largest absolute Gasteiger partial charge is 0.384 e. The van der Waals surface area contributed by atoms with Crippen molar-refractivity contribution in [1.29, 1.82) is 0 Å². The van der Waals surface area contributed by atoms with Crippen LogP contribution in [-0.4, -0.2) is 45.4 Å². The van der Waals surface area contributed by atoms with Crippen molar-refractivity contribution in [3.63, 3.8) is 0 Å². The standard InChI is InChI=1S/2C28H33N3O2/c2*1-18-22(12-14-27(29)30-18)11-13-26(32)19(2)31-28(33)25-10-8-21(17-25)15-20-7-9-23-5-3-4-6-24(23)16-20/h2*3-7,9,12,14,16,19,21,25H,8,10-11,13,15,17H2,1-2H3,(H2,29,30)(H,31,33)/t2*19-,21-,25+/m00/s1. The molecule has 2 aliphatic carbocycles. The Bertz CT molecular complexity index is 2500. The van der Waals surface area contributed by atoms with Crippen LogP contribution in [0.1, 0.15) is 98.9 Å². The minimum atomic E-state index is -0.473. The summed E-state index contributed by atoms with van der Waals surface area (Å²) in [4.78, 5) is 59.3. The third kappa shape index (κ3) is 12.9. The first-order valence-corrected chi connectivity index (χ1v) is 23.8. The number of hydrogen-bond acceptors (Lipinski definition) is 8. The van der Waals surface area contributed by atoms with Gasteiger partial charge in [0.05, 0.1) is 12.1 Å². The summed E-state index contributed by atoms with van der Waals surface area (Å²) >= 11 is 0. The van der Waals surface area contributed by atoms with E-state index in [0.29, 0.717) is 49.2 Å². The number of amides is 2. The van der Waals surface area contributed by atoms with Gasteiger partial charge in [-0.05, 0) is 160 Å². The Kier molecular flexibility index (Phi) is 16.0. The molecular weight excluding hydrogens is 821 g/mol. The number of pyridine rings is 2. The molecule has 344 valence electrons. The summed E-state index contributed by atoms with van der Waals surface area (Å²) in [6, 6.07) is 36.5. The van der Waals surface area contributed by atoms with Crippen molar-refractivity contribution in [3.05, 3.63) is 143 Å². The van der Waals surface area contributed by atoms with Crippen LogP contribution < -0.4 is 22.1 Å². The van der Waals surface area contributed by atoms with Gasteiger partial charge < -0.3 is 22.1 Å². The molecule has 10 heteroatoms. The van der Waals surface area contributed by atoms with Gasteiger partial charge in [0, 0.05) is 36.1 Å². The fourth-order valence-corrected chi connectivity index (χ4v) is 9.91. The van der Waals surface area contributed by atoms with Gasteiger partial charge >= 0.3 is 0 Å². The molecule has 2 aromatic heterocycles. The van der Waals surface area contributed by atoms with E-state index in [1.807, 2.05) is 26.0 Å². The van der Waals surface area contributed by atoms with Crippen molar-refractivity contribution in [1.82, 2.24) is 20.6 Å². The lowest BCUT2D eigenvalue weighted by molar-refractivity contribution is -0.129. The Morgan fingerprint density at radius 3 is 1.33 bits per heavy atom. The Balaban J connectivity index is 0.000000196. The number of anilines is 2. The second-order valence-electron chi connectivity index (χ2n) is 18.9. The maximum Gasteiger partial charge on any atom is 0.223 e. The lowest BCUT2D eigenvalue weighted by atomic mass is 9.95. The van der Waals surface area contributed by atoms with Crippen LogP contribution in [-0.2, 0) is 44.9 Å². The molecule has 0 spiro atoms. The maximum atomic E-state index is 12.8. The van der Waals surface area contributed by atoms with Crippen LogP contribution >= 0.6 is 0 Å². The predicted octanol–water partition coefficient (Wildman–Crippen LogP) is 9.58. The zero-order chi connectivity index (χ0) is 46.7. The molecule has 0 saturated heterocycles. The van der Waals surface area contributed by atoms with E-state index in [1.54, 1.807) is 26.0 Å². The van der Waals surface area contributed by atoms with E-state index in [9.17, 15) is 19.2 Å². The van der Waals surface area contributed by atoms with E-state index in [2.05, 4.69) is 106 Å². The minimum Gasteiger partial charge on any atom is -0.384 e. The Morgan fingerprint density at radius 1 is 0.545 bits per heavy atom. The summed E-state index contributed by atoms with van der Waals surface area (Å²) in [6.07, 6.45) is 9.62. The van der Waals surface area contributed by atoms with Crippen LogP contribution in [0.5, 0.6) is 0 Å². The first-order valence-electron chi connectivity index (χ1n) is 23.8. The SMILES string of the molecule is Cc1nc(N)ccc1CCC(=O)[C@H](C)NC(=O)[C@@H]1CC[C@@H](Cc2ccc3ccccc3c2)C1.Cc1nc(N)ccc1CCC(=O)[C@H](C)NC(=O)[C@@H]1CC[C@@H](Cc2ccc3ccccc3c2)C1. The summed E-state index contributed by atoms with van der Waals surface area (Å²) in [6.45, 7) is 7.37. The zero-order valence-corrected chi connectivity index (χ0v) is 39.0. The number of aromatic nitrogens is 2. The molecule has 10 nitrogen and oxygen atoms in total. The molecule has 0 unspecified atom stereocenters. The lowest BCUT2D eigenvalue weighted by Gasteiger charge is -2.17. The quantitative estimate of drug-likeness (QED) is 0.0745. The summed E-state index contributed by atoms with van der Waals surface area (Å²) in [5.41, 5.74) is 17.8. The van der Waals surface area contributed by atoms with E-state index < -0.39 is 12.1 Å². The van der Waals surface area contributed by atoms with Crippen LogP contribution in [0, 0.1) is 37.5 Å². The molecule has 2 amide bonds. The third-order valence-corrected chi connectivity index (χ3v) is 13.9. The Hall–Kier alpha value is -6.42. The van der Waals surface area contributed by atoms with Crippen molar-refractivity contribution < 1.29 is 19.2 Å². The molecule has 8 rings (SSSR count). The summed E-state index contributed by atoms with van der Waals surface area (Å²) < 4.78 is 0. The number of rotatable bonds is 16. The Morgan fingerprint density at radius 2 is 0.939 bits per heavy atom. The van der Waals surface area contributed by atoms with Crippen LogP contribution in [0.4, 0.5) is 11.6 Å². The molecule has 6 aromatic rings. The zero-order valence-electron chi connectivity index (χ0n) is 39.0. The highest BCUT2D eigenvalue weighted by Gasteiger charge is 2.32. The number of ketones is 2. The number of carbonyl (C=O) groups excluding carboxylic acids is 4. The van der Waals surface area contributed by atoms with E-state index >= 15 is 0 Å². The third-order valence-electron chi connectivity index (χ3n) is 13.9. The monoisotopic (exact) mass is 887 g/mol. The van der Waals surface area contributed by atoms with Crippen LogP contribution in [0.25, 0.3) is 21.5 Å². The topological polar surface area (TPSA) is 170 Å². The van der Waals surface area contributed by atoms with E-state index in [0.717, 1.165) is 73.9 Å². The van der Waals surface area contributed by atoms with Gasteiger partial charge in [-0.3, -0.25) is 19.2 Å². The second-order valence-corrected chi connectivity index (χ2v) is 18.9. The number of fused-ring (bicyclic) bond motifs is 2. The summed E-state index contributed by atoms with van der Waals surface area (Å²) in [7, 11) is 0.